The maximum Gasteiger partial charge on any atom is 0.191 e. The van der Waals surface area contributed by atoms with E-state index in [2.05, 4.69) is 58.8 Å². The number of aliphatic imine (C=N–C) groups is 1. The number of rotatable bonds is 4. The van der Waals surface area contributed by atoms with E-state index in [4.69, 9.17) is 0 Å². The summed E-state index contributed by atoms with van der Waals surface area (Å²) < 4.78 is 0. The fourth-order valence-corrected chi connectivity index (χ4v) is 3.21. The van der Waals surface area contributed by atoms with Gasteiger partial charge in [0.2, 0.25) is 0 Å². The number of guanidine groups is 1. The summed E-state index contributed by atoms with van der Waals surface area (Å²) in [6.07, 6.45) is 0. The number of likely N-dealkylation sites (tertiary alicyclic amines) is 1. The van der Waals surface area contributed by atoms with Crippen LogP contribution in [-0.2, 0) is 6.54 Å². The molecule has 0 saturated carbocycles. The number of nitrogens with zero attached hydrogens (tertiary/aromatic N) is 2. The molecule has 1 aromatic heterocycles. The summed E-state index contributed by atoms with van der Waals surface area (Å²) >= 11 is 1.77. The number of hydrogen-bond acceptors (Lipinski definition) is 3. The largest absolute Gasteiger partial charge is 0.352 e. The maximum absolute atomic E-state index is 4.34. The molecule has 0 spiro atoms. The Balaban J connectivity index is 0.00000220. The van der Waals surface area contributed by atoms with Gasteiger partial charge >= 0.3 is 0 Å². The van der Waals surface area contributed by atoms with Crippen LogP contribution in [0.2, 0.25) is 0 Å². The summed E-state index contributed by atoms with van der Waals surface area (Å²) in [4.78, 5) is 8.19. The van der Waals surface area contributed by atoms with Gasteiger partial charge in [-0.3, -0.25) is 9.89 Å². The van der Waals surface area contributed by atoms with Crippen molar-refractivity contribution >= 4 is 41.3 Å². The lowest BCUT2D eigenvalue weighted by Gasteiger charge is -2.21. The topological polar surface area (TPSA) is 39.7 Å². The molecule has 1 aromatic rings. The third kappa shape index (κ3) is 5.41. The van der Waals surface area contributed by atoms with Gasteiger partial charge in [-0.05, 0) is 31.2 Å². The Morgan fingerprint density at radius 1 is 1.48 bits per heavy atom. The maximum atomic E-state index is 4.34. The average molecular weight is 422 g/mol. The van der Waals surface area contributed by atoms with Crippen LogP contribution in [0.5, 0.6) is 0 Å². The van der Waals surface area contributed by atoms with E-state index in [9.17, 15) is 0 Å². The molecule has 2 atom stereocenters. The van der Waals surface area contributed by atoms with Crippen molar-refractivity contribution in [1.29, 1.82) is 0 Å². The van der Waals surface area contributed by atoms with Crippen molar-refractivity contribution in [2.75, 3.05) is 20.1 Å². The quantitative estimate of drug-likeness (QED) is 0.446. The first-order valence-corrected chi connectivity index (χ1v) is 8.21. The van der Waals surface area contributed by atoms with Gasteiger partial charge < -0.3 is 10.6 Å². The Hall–Kier alpha value is -0.340. The molecule has 0 amide bonds. The van der Waals surface area contributed by atoms with Crippen LogP contribution < -0.4 is 10.6 Å². The molecule has 0 radical (unpaired) electrons. The highest BCUT2D eigenvalue weighted by atomic mass is 127. The van der Waals surface area contributed by atoms with E-state index >= 15 is 0 Å². The van der Waals surface area contributed by atoms with Crippen molar-refractivity contribution < 1.29 is 0 Å². The molecular weight excluding hydrogens is 395 g/mol. The summed E-state index contributed by atoms with van der Waals surface area (Å²) in [6, 6.07) is 5.32. The van der Waals surface area contributed by atoms with Gasteiger partial charge in [-0.25, -0.2) is 0 Å². The summed E-state index contributed by atoms with van der Waals surface area (Å²) in [5.41, 5.74) is 0. The Bertz CT molecular complexity index is 433. The first-order valence-electron chi connectivity index (χ1n) is 7.33. The van der Waals surface area contributed by atoms with Gasteiger partial charge in [0.1, 0.15) is 0 Å². The molecule has 2 rings (SSSR count). The fraction of sp³-hybridized carbons (Fsp3) is 0.667. The molecule has 2 heterocycles. The molecule has 4 nitrogen and oxygen atoms in total. The lowest BCUT2D eigenvalue weighted by Crippen LogP contribution is -2.46. The minimum absolute atomic E-state index is 0. The smallest absolute Gasteiger partial charge is 0.191 e. The average Bonchev–Trinajstić information content (AvgIpc) is 3.04. The second-order valence-electron chi connectivity index (χ2n) is 5.78. The SMILES string of the molecule is CN=C(NCc1cccs1)NC1CN(C(C)C)CC1C.I. The predicted octanol–water partition coefficient (Wildman–Crippen LogP) is 2.76. The molecule has 1 aliphatic heterocycles. The van der Waals surface area contributed by atoms with Gasteiger partial charge in [0.15, 0.2) is 5.96 Å². The molecule has 2 N–H and O–H groups in total. The van der Waals surface area contributed by atoms with Gasteiger partial charge in [0.25, 0.3) is 0 Å². The lowest BCUT2D eigenvalue weighted by atomic mass is 10.1. The third-order valence-electron chi connectivity index (χ3n) is 3.93. The Labute approximate surface area is 149 Å². The van der Waals surface area contributed by atoms with E-state index in [1.807, 2.05) is 7.05 Å². The van der Waals surface area contributed by atoms with Crippen LogP contribution in [0, 0.1) is 5.92 Å². The van der Waals surface area contributed by atoms with Crippen LogP contribution in [0.4, 0.5) is 0 Å². The van der Waals surface area contributed by atoms with Crippen LogP contribution in [-0.4, -0.2) is 43.1 Å². The molecular formula is C15H27IN4S. The highest BCUT2D eigenvalue weighted by Gasteiger charge is 2.31. The number of thiophene rings is 1. The van der Waals surface area contributed by atoms with Gasteiger partial charge in [-0.1, -0.05) is 13.0 Å². The molecule has 21 heavy (non-hydrogen) atoms. The van der Waals surface area contributed by atoms with Crippen molar-refractivity contribution in [3.05, 3.63) is 22.4 Å². The summed E-state index contributed by atoms with van der Waals surface area (Å²) in [6.45, 7) is 9.94. The zero-order chi connectivity index (χ0) is 14.5. The zero-order valence-corrected chi connectivity index (χ0v) is 16.4. The van der Waals surface area contributed by atoms with Crippen molar-refractivity contribution in [2.24, 2.45) is 10.9 Å². The van der Waals surface area contributed by atoms with Crippen molar-refractivity contribution in [3.8, 4) is 0 Å². The second kappa shape index (κ2) is 8.95. The summed E-state index contributed by atoms with van der Waals surface area (Å²) in [5.74, 6) is 1.55. The monoisotopic (exact) mass is 422 g/mol. The van der Waals surface area contributed by atoms with Gasteiger partial charge in [-0.2, -0.15) is 0 Å². The molecule has 0 bridgehead atoms. The van der Waals surface area contributed by atoms with Crippen LogP contribution in [0.1, 0.15) is 25.6 Å². The standard InChI is InChI=1S/C15H26N4S.HI/c1-11(2)19-9-12(3)14(10-19)18-15(16-4)17-8-13-6-5-7-20-13;/h5-7,11-12,14H,8-10H2,1-4H3,(H2,16,17,18);1H. The highest BCUT2D eigenvalue weighted by Crippen LogP contribution is 2.18. The van der Waals surface area contributed by atoms with Gasteiger partial charge in [0.05, 0.1) is 6.54 Å². The van der Waals surface area contributed by atoms with E-state index < -0.39 is 0 Å². The van der Waals surface area contributed by atoms with E-state index in [-0.39, 0.29) is 24.0 Å². The molecule has 0 aromatic carbocycles. The molecule has 6 heteroatoms. The fourth-order valence-electron chi connectivity index (χ4n) is 2.57. The van der Waals surface area contributed by atoms with Crippen molar-refractivity contribution in [1.82, 2.24) is 15.5 Å². The molecule has 0 aliphatic carbocycles. The number of nitrogens with one attached hydrogen (secondary N) is 2. The van der Waals surface area contributed by atoms with Crippen LogP contribution >= 0.6 is 35.3 Å². The number of hydrogen-bond donors (Lipinski definition) is 2. The van der Waals surface area contributed by atoms with Crippen molar-refractivity contribution in [2.45, 2.75) is 39.4 Å². The van der Waals surface area contributed by atoms with Crippen LogP contribution in [0.3, 0.4) is 0 Å². The van der Waals surface area contributed by atoms with Crippen molar-refractivity contribution in [3.63, 3.8) is 0 Å². The van der Waals surface area contributed by atoms with E-state index in [0.717, 1.165) is 25.6 Å². The first kappa shape index (κ1) is 18.7. The first-order chi connectivity index (χ1) is 9.60. The Morgan fingerprint density at radius 3 is 2.76 bits per heavy atom. The van der Waals surface area contributed by atoms with Gasteiger partial charge in [-0.15, -0.1) is 35.3 Å². The molecule has 2 unspecified atom stereocenters. The Kier molecular flexibility index (Phi) is 7.97. The summed E-state index contributed by atoms with van der Waals surface area (Å²) in [5, 5.41) is 9.06. The zero-order valence-electron chi connectivity index (χ0n) is 13.3. The second-order valence-corrected chi connectivity index (χ2v) is 6.81. The molecule has 120 valence electrons. The Morgan fingerprint density at radius 2 is 2.24 bits per heavy atom. The molecule has 1 aliphatic rings. The molecule has 1 saturated heterocycles. The van der Waals surface area contributed by atoms with Crippen LogP contribution in [0.25, 0.3) is 0 Å². The normalized spacial score (nSPS) is 23.2. The van der Waals surface area contributed by atoms with E-state index in [1.165, 1.54) is 4.88 Å². The molecule has 1 fully saturated rings. The van der Waals surface area contributed by atoms with Crippen LogP contribution in [0.15, 0.2) is 22.5 Å². The minimum atomic E-state index is 0. The third-order valence-corrected chi connectivity index (χ3v) is 4.80. The van der Waals surface area contributed by atoms with E-state index in [1.54, 1.807) is 11.3 Å². The minimum Gasteiger partial charge on any atom is -0.352 e. The lowest BCUT2D eigenvalue weighted by molar-refractivity contribution is 0.265. The number of halogens is 1. The summed E-state index contributed by atoms with van der Waals surface area (Å²) in [7, 11) is 1.84. The highest BCUT2D eigenvalue weighted by molar-refractivity contribution is 14.0. The predicted molar refractivity (Wildman–Crippen MR) is 103 cm³/mol. The van der Waals surface area contributed by atoms with E-state index in [0.29, 0.717) is 18.0 Å². The van der Waals surface area contributed by atoms with Gasteiger partial charge in [0, 0.05) is 37.1 Å².